The summed E-state index contributed by atoms with van der Waals surface area (Å²) >= 11 is 6.04. The summed E-state index contributed by atoms with van der Waals surface area (Å²) in [5.74, 6) is 1.06. The molecule has 1 aromatic heterocycles. The molecule has 0 aliphatic rings. The summed E-state index contributed by atoms with van der Waals surface area (Å²) in [7, 11) is 0. The molecule has 1 heterocycles. The highest BCUT2D eigenvalue weighted by Crippen LogP contribution is 2.16. The van der Waals surface area contributed by atoms with Gasteiger partial charge < -0.3 is 10.2 Å². The summed E-state index contributed by atoms with van der Waals surface area (Å²) < 4.78 is 5.30. The number of nitrogens with zero attached hydrogens (tertiary/aromatic N) is 2. The number of hydrogen-bond donors (Lipinski definition) is 1. The summed E-state index contributed by atoms with van der Waals surface area (Å²) in [4.78, 5) is 0. The molecule has 0 fully saturated rings. The fourth-order valence-electron chi connectivity index (χ4n) is 1.41. The van der Waals surface area contributed by atoms with Gasteiger partial charge in [-0.3, -0.25) is 0 Å². The highest BCUT2D eigenvalue weighted by molar-refractivity contribution is 6.31. The summed E-state index contributed by atoms with van der Waals surface area (Å²) in [6.07, 6.45) is 1.46. The van der Waals surface area contributed by atoms with Gasteiger partial charge in [-0.25, -0.2) is 0 Å². The Morgan fingerprint density at radius 1 is 1.12 bits per heavy atom. The van der Waals surface area contributed by atoms with Crippen molar-refractivity contribution in [2.45, 2.75) is 19.4 Å². The van der Waals surface area contributed by atoms with E-state index in [1.165, 1.54) is 0 Å². The molecule has 1 aromatic carbocycles. The molecular formula is C11H12ClN3O. The van der Waals surface area contributed by atoms with Gasteiger partial charge >= 0.3 is 0 Å². The quantitative estimate of drug-likeness (QED) is 0.883. The van der Waals surface area contributed by atoms with E-state index in [1.54, 1.807) is 0 Å². The van der Waals surface area contributed by atoms with Crippen LogP contribution in [0, 0.1) is 0 Å². The zero-order valence-corrected chi connectivity index (χ0v) is 9.44. The third-order valence-corrected chi connectivity index (χ3v) is 2.62. The Labute approximate surface area is 98.4 Å². The fraction of sp³-hybridized carbons (Fsp3) is 0.273. The topological polar surface area (TPSA) is 64.9 Å². The number of nitrogens with two attached hydrogens (primary N) is 1. The number of rotatable bonds is 4. The summed E-state index contributed by atoms with van der Waals surface area (Å²) in [6.45, 7) is 0.277. The summed E-state index contributed by atoms with van der Waals surface area (Å²) in [5, 5.41) is 8.45. The van der Waals surface area contributed by atoms with Crippen molar-refractivity contribution in [3.63, 3.8) is 0 Å². The molecule has 2 rings (SSSR count). The van der Waals surface area contributed by atoms with Crippen LogP contribution in [0.25, 0.3) is 0 Å². The first kappa shape index (κ1) is 11.1. The Hall–Kier alpha value is -1.39. The second kappa shape index (κ2) is 5.09. The van der Waals surface area contributed by atoms with E-state index < -0.39 is 0 Å². The normalized spacial score (nSPS) is 10.6. The van der Waals surface area contributed by atoms with E-state index in [2.05, 4.69) is 10.2 Å². The average Bonchev–Trinajstić information content (AvgIpc) is 2.76. The molecule has 84 valence electrons. The highest BCUT2D eigenvalue weighted by Gasteiger charge is 2.06. The van der Waals surface area contributed by atoms with Crippen LogP contribution in [0.2, 0.25) is 5.02 Å². The number of aromatic nitrogens is 2. The van der Waals surface area contributed by atoms with Gasteiger partial charge in [-0.15, -0.1) is 10.2 Å². The zero-order chi connectivity index (χ0) is 11.4. The Morgan fingerprint density at radius 2 is 1.88 bits per heavy atom. The van der Waals surface area contributed by atoms with Crippen LogP contribution in [-0.2, 0) is 19.4 Å². The molecule has 2 N–H and O–H groups in total. The lowest BCUT2D eigenvalue weighted by molar-refractivity contribution is 0.450. The number of hydrogen-bond acceptors (Lipinski definition) is 4. The van der Waals surface area contributed by atoms with E-state index in [1.807, 2.05) is 24.3 Å². The van der Waals surface area contributed by atoms with E-state index >= 15 is 0 Å². The lowest BCUT2D eigenvalue weighted by Gasteiger charge is -2.00. The van der Waals surface area contributed by atoms with Crippen molar-refractivity contribution in [2.24, 2.45) is 5.73 Å². The van der Waals surface area contributed by atoms with Crippen molar-refractivity contribution >= 4 is 11.6 Å². The van der Waals surface area contributed by atoms with E-state index in [0.717, 1.165) is 17.0 Å². The van der Waals surface area contributed by atoms with E-state index in [4.69, 9.17) is 21.8 Å². The average molecular weight is 238 g/mol. The maximum absolute atomic E-state index is 6.04. The van der Waals surface area contributed by atoms with Crippen molar-refractivity contribution in [2.75, 3.05) is 0 Å². The minimum Gasteiger partial charge on any atom is -0.424 e. The van der Waals surface area contributed by atoms with Crippen molar-refractivity contribution in [1.82, 2.24) is 10.2 Å². The number of halogens is 1. The smallest absolute Gasteiger partial charge is 0.230 e. The first-order valence-corrected chi connectivity index (χ1v) is 5.42. The van der Waals surface area contributed by atoms with Gasteiger partial charge in [-0.05, 0) is 18.1 Å². The molecule has 5 heteroatoms. The predicted octanol–water partition coefficient (Wildman–Crippen LogP) is 1.97. The standard InChI is InChI=1S/C11H12ClN3O/c12-9-4-2-1-3-8(9)5-6-10-14-15-11(7-13)16-10/h1-4H,5-7,13H2. The van der Waals surface area contributed by atoms with Gasteiger partial charge in [-0.1, -0.05) is 29.8 Å². The lowest BCUT2D eigenvalue weighted by Crippen LogP contribution is -1.95. The Morgan fingerprint density at radius 3 is 2.56 bits per heavy atom. The molecule has 0 atom stereocenters. The molecule has 0 aliphatic carbocycles. The fourth-order valence-corrected chi connectivity index (χ4v) is 1.64. The van der Waals surface area contributed by atoms with Crippen LogP contribution < -0.4 is 5.73 Å². The van der Waals surface area contributed by atoms with Crippen LogP contribution in [0.4, 0.5) is 0 Å². The Bertz CT molecular complexity index is 470. The minimum absolute atomic E-state index is 0.277. The summed E-state index contributed by atoms with van der Waals surface area (Å²) in [5.41, 5.74) is 6.46. The van der Waals surface area contributed by atoms with Gasteiger partial charge in [0.15, 0.2) is 0 Å². The largest absolute Gasteiger partial charge is 0.424 e. The lowest BCUT2D eigenvalue weighted by atomic mass is 10.1. The first-order valence-electron chi connectivity index (χ1n) is 5.04. The molecule has 0 unspecified atom stereocenters. The van der Waals surface area contributed by atoms with Gasteiger partial charge in [0.25, 0.3) is 0 Å². The molecule has 16 heavy (non-hydrogen) atoms. The van der Waals surface area contributed by atoms with Crippen molar-refractivity contribution in [3.05, 3.63) is 46.6 Å². The van der Waals surface area contributed by atoms with Crippen LogP contribution >= 0.6 is 11.6 Å². The SMILES string of the molecule is NCc1nnc(CCc2ccccc2Cl)o1. The molecule has 0 spiro atoms. The Balaban J connectivity index is 1.99. The Kier molecular flexibility index (Phi) is 3.54. The number of aryl methyl sites for hydroxylation is 2. The second-order valence-electron chi connectivity index (χ2n) is 3.39. The molecule has 0 saturated heterocycles. The van der Waals surface area contributed by atoms with Gasteiger partial charge in [0.1, 0.15) is 0 Å². The number of benzene rings is 1. The molecule has 0 amide bonds. The maximum Gasteiger partial charge on any atom is 0.230 e. The predicted molar refractivity (Wildman–Crippen MR) is 61.0 cm³/mol. The van der Waals surface area contributed by atoms with Crippen LogP contribution in [0.1, 0.15) is 17.3 Å². The van der Waals surface area contributed by atoms with E-state index in [-0.39, 0.29) is 6.54 Å². The van der Waals surface area contributed by atoms with Gasteiger partial charge in [0, 0.05) is 11.4 Å². The highest BCUT2D eigenvalue weighted by atomic mass is 35.5. The summed E-state index contributed by atoms with van der Waals surface area (Å²) in [6, 6.07) is 7.73. The van der Waals surface area contributed by atoms with Gasteiger partial charge in [-0.2, -0.15) is 0 Å². The van der Waals surface area contributed by atoms with Gasteiger partial charge in [0.05, 0.1) is 6.54 Å². The van der Waals surface area contributed by atoms with Crippen LogP contribution in [0.15, 0.2) is 28.7 Å². The minimum atomic E-state index is 0.277. The van der Waals surface area contributed by atoms with E-state index in [0.29, 0.717) is 18.2 Å². The van der Waals surface area contributed by atoms with Gasteiger partial charge in [0.2, 0.25) is 11.8 Å². The molecule has 0 saturated carbocycles. The molecule has 0 bridgehead atoms. The third kappa shape index (κ3) is 2.59. The van der Waals surface area contributed by atoms with Crippen LogP contribution in [0.3, 0.4) is 0 Å². The molecular weight excluding hydrogens is 226 g/mol. The maximum atomic E-state index is 6.04. The zero-order valence-electron chi connectivity index (χ0n) is 8.69. The third-order valence-electron chi connectivity index (χ3n) is 2.25. The monoisotopic (exact) mass is 237 g/mol. The first-order chi connectivity index (χ1) is 7.79. The molecule has 0 radical (unpaired) electrons. The van der Waals surface area contributed by atoms with Crippen molar-refractivity contribution in [1.29, 1.82) is 0 Å². The van der Waals surface area contributed by atoms with E-state index in [9.17, 15) is 0 Å². The van der Waals surface area contributed by atoms with Crippen molar-refractivity contribution < 1.29 is 4.42 Å². The second-order valence-corrected chi connectivity index (χ2v) is 3.79. The molecule has 0 aliphatic heterocycles. The molecule has 4 nitrogen and oxygen atoms in total. The molecule has 2 aromatic rings. The van der Waals surface area contributed by atoms with Crippen molar-refractivity contribution in [3.8, 4) is 0 Å². The van der Waals surface area contributed by atoms with Crippen LogP contribution in [0.5, 0.6) is 0 Å². The van der Waals surface area contributed by atoms with Crippen LogP contribution in [-0.4, -0.2) is 10.2 Å².